The molecule has 1 rings (SSSR count). The van der Waals surface area contributed by atoms with Gasteiger partial charge < -0.3 is 10.4 Å². The quantitative estimate of drug-likeness (QED) is 0.581. The third kappa shape index (κ3) is 4.60. The lowest BCUT2D eigenvalue weighted by Gasteiger charge is -2.06. The lowest BCUT2D eigenvalue weighted by Crippen LogP contribution is -2.31. The van der Waals surface area contributed by atoms with E-state index in [1.54, 1.807) is 19.1 Å². The zero-order chi connectivity index (χ0) is 12.8. The second-order valence-electron chi connectivity index (χ2n) is 3.75. The van der Waals surface area contributed by atoms with Gasteiger partial charge in [0.15, 0.2) is 0 Å². The van der Waals surface area contributed by atoms with Gasteiger partial charge in [0.05, 0.1) is 17.4 Å². The topological polar surface area (TPSA) is 92.5 Å². The molecule has 17 heavy (non-hydrogen) atoms. The van der Waals surface area contributed by atoms with Crippen molar-refractivity contribution in [2.24, 2.45) is 0 Å². The van der Waals surface area contributed by atoms with Crippen molar-refractivity contribution < 1.29 is 14.8 Å². The molecule has 0 fully saturated rings. The van der Waals surface area contributed by atoms with Crippen LogP contribution < -0.4 is 5.32 Å². The predicted molar refractivity (Wildman–Crippen MR) is 61.5 cm³/mol. The summed E-state index contributed by atoms with van der Waals surface area (Å²) in [6.45, 7) is 1.78. The Hall–Kier alpha value is -1.95. The molecule has 0 saturated heterocycles. The van der Waals surface area contributed by atoms with Crippen LogP contribution in [0.3, 0.4) is 0 Å². The number of rotatable bonds is 5. The van der Waals surface area contributed by atoms with E-state index in [2.05, 4.69) is 5.32 Å². The van der Waals surface area contributed by atoms with Crippen molar-refractivity contribution in [3.8, 4) is 0 Å². The molecule has 0 heterocycles. The molecule has 1 aromatic rings. The van der Waals surface area contributed by atoms with Crippen LogP contribution in [0.15, 0.2) is 24.3 Å². The predicted octanol–water partition coefficient (Wildman–Crippen LogP) is 0.634. The van der Waals surface area contributed by atoms with E-state index in [4.69, 9.17) is 5.11 Å². The molecule has 6 nitrogen and oxygen atoms in total. The Morgan fingerprint density at radius 1 is 1.47 bits per heavy atom. The molecule has 1 atom stereocenters. The van der Waals surface area contributed by atoms with Gasteiger partial charge in [-0.05, 0) is 12.5 Å². The molecule has 1 aromatic carbocycles. The molecule has 2 N–H and O–H groups in total. The van der Waals surface area contributed by atoms with Gasteiger partial charge in [-0.15, -0.1) is 0 Å². The van der Waals surface area contributed by atoms with Crippen LogP contribution in [0, 0.1) is 10.1 Å². The number of nitrogens with zero attached hydrogens (tertiary/aromatic N) is 1. The molecule has 0 bridgehead atoms. The summed E-state index contributed by atoms with van der Waals surface area (Å²) < 4.78 is 0. The molecule has 92 valence electrons. The number of nitro benzene ring substituents is 1. The van der Waals surface area contributed by atoms with Gasteiger partial charge in [-0.1, -0.05) is 12.1 Å². The average molecular weight is 238 g/mol. The average Bonchev–Trinajstić information content (AvgIpc) is 2.27. The van der Waals surface area contributed by atoms with E-state index in [1.807, 2.05) is 0 Å². The van der Waals surface area contributed by atoms with Crippen LogP contribution in [0.5, 0.6) is 0 Å². The summed E-state index contributed by atoms with van der Waals surface area (Å²) in [5.74, 6) is -0.222. The van der Waals surface area contributed by atoms with Gasteiger partial charge in [-0.25, -0.2) is 0 Å². The van der Waals surface area contributed by atoms with Gasteiger partial charge in [0.1, 0.15) is 0 Å². The minimum absolute atomic E-state index is 0.00172. The fourth-order valence-electron chi connectivity index (χ4n) is 1.24. The molecule has 0 aliphatic heterocycles. The van der Waals surface area contributed by atoms with E-state index in [1.165, 1.54) is 12.1 Å². The largest absolute Gasteiger partial charge is 0.392 e. The van der Waals surface area contributed by atoms with Crippen molar-refractivity contribution in [3.63, 3.8) is 0 Å². The molecular weight excluding hydrogens is 224 g/mol. The summed E-state index contributed by atoms with van der Waals surface area (Å²) in [5.41, 5.74) is 0.692. The first-order valence-electron chi connectivity index (χ1n) is 5.17. The summed E-state index contributed by atoms with van der Waals surface area (Å²) in [6, 6.07) is 5.80. The van der Waals surface area contributed by atoms with E-state index < -0.39 is 11.0 Å². The highest BCUT2D eigenvalue weighted by atomic mass is 16.6. The number of nitrogens with one attached hydrogen (secondary N) is 1. The summed E-state index contributed by atoms with van der Waals surface area (Å²) in [5, 5.41) is 21.9. The zero-order valence-electron chi connectivity index (χ0n) is 9.42. The van der Waals surface area contributed by atoms with Crippen LogP contribution in [0.1, 0.15) is 12.5 Å². The van der Waals surface area contributed by atoms with Crippen molar-refractivity contribution in [1.82, 2.24) is 5.32 Å². The Balaban J connectivity index is 2.51. The molecule has 0 saturated carbocycles. The van der Waals surface area contributed by atoms with Crippen LogP contribution in [-0.4, -0.2) is 28.6 Å². The maximum absolute atomic E-state index is 11.4. The van der Waals surface area contributed by atoms with Crippen molar-refractivity contribution in [1.29, 1.82) is 0 Å². The van der Waals surface area contributed by atoms with E-state index in [0.29, 0.717) is 5.56 Å². The fraction of sp³-hybridized carbons (Fsp3) is 0.364. The third-order valence-electron chi connectivity index (χ3n) is 2.11. The highest BCUT2D eigenvalue weighted by Gasteiger charge is 2.07. The molecular formula is C11H14N2O4. The summed E-state index contributed by atoms with van der Waals surface area (Å²) in [4.78, 5) is 21.3. The lowest BCUT2D eigenvalue weighted by atomic mass is 10.1. The number of amides is 1. The molecule has 1 amide bonds. The Morgan fingerprint density at radius 2 is 2.06 bits per heavy atom. The van der Waals surface area contributed by atoms with Gasteiger partial charge in [-0.2, -0.15) is 0 Å². The highest BCUT2D eigenvalue weighted by molar-refractivity contribution is 5.78. The summed E-state index contributed by atoms with van der Waals surface area (Å²) >= 11 is 0. The number of non-ortho nitro benzene ring substituents is 1. The van der Waals surface area contributed by atoms with Crippen molar-refractivity contribution in [3.05, 3.63) is 39.9 Å². The number of carbonyl (C=O) groups excluding carboxylic acids is 1. The number of carbonyl (C=O) groups is 1. The molecule has 0 unspecified atom stereocenters. The van der Waals surface area contributed by atoms with Crippen LogP contribution in [0.4, 0.5) is 5.69 Å². The van der Waals surface area contributed by atoms with Crippen LogP contribution in [-0.2, 0) is 11.2 Å². The lowest BCUT2D eigenvalue weighted by molar-refractivity contribution is -0.384. The highest BCUT2D eigenvalue weighted by Crippen LogP contribution is 2.12. The number of benzene rings is 1. The fourth-order valence-corrected chi connectivity index (χ4v) is 1.24. The second-order valence-corrected chi connectivity index (χ2v) is 3.75. The van der Waals surface area contributed by atoms with Gasteiger partial charge in [0.25, 0.3) is 5.69 Å². The van der Waals surface area contributed by atoms with Crippen LogP contribution in [0.2, 0.25) is 0 Å². The summed E-state index contributed by atoms with van der Waals surface area (Å²) in [7, 11) is 0. The third-order valence-corrected chi connectivity index (χ3v) is 2.11. The van der Waals surface area contributed by atoms with Crippen LogP contribution in [0.25, 0.3) is 0 Å². The minimum Gasteiger partial charge on any atom is -0.392 e. The normalized spacial score (nSPS) is 11.9. The van der Waals surface area contributed by atoms with Crippen molar-refractivity contribution in [2.45, 2.75) is 19.4 Å². The van der Waals surface area contributed by atoms with Crippen molar-refractivity contribution in [2.75, 3.05) is 6.54 Å². The van der Waals surface area contributed by atoms with Crippen molar-refractivity contribution >= 4 is 11.6 Å². The zero-order valence-corrected chi connectivity index (χ0v) is 9.42. The molecule has 0 aromatic heterocycles. The summed E-state index contributed by atoms with van der Waals surface area (Å²) in [6.07, 6.45) is -0.444. The number of aliphatic hydroxyl groups excluding tert-OH is 1. The van der Waals surface area contributed by atoms with E-state index in [9.17, 15) is 14.9 Å². The van der Waals surface area contributed by atoms with Gasteiger partial charge in [0, 0.05) is 18.7 Å². The maximum atomic E-state index is 11.4. The number of hydrogen-bond acceptors (Lipinski definition) is 4. The first kappa shape index (κ1) is 13.1. The van der Waals surface area contributed by atoms with Crippen LogP contribution >= 0.6 is 0 Å². The molecule has 0 aliphatic carbocycles. The minimum atomic E-state index is -0.587. The molecule has 0 radical (unpaired) electrons. The Kier molecular flexibility index (Phi) is 4.59. The Bertz CT molecular complexity index is 400. The number of hydrogen-bond donors (Lipinski definition) is 2. The Morgan fingerprint density at radius 3 is 2.53 bits per heavy atom. The number of aliphatic hydroxyl groups is 1. The van der Waals surface area contributed by atoms with Gasteiger partial charge in [0.2, 0.25) is 5.91 Å². The molecule has 0 spiro atoms. The van der Waals surface area contributed by atoms with Gasteiger partial charge in [-0.3, -0.25) is 14.9 Å². The smallest absolute Gasteiger partial charge is 0.269 e. The van der Waals surface area contributed by atoms with E-state index in [0.717, 1.165) is 0 Å². The first-order chi connectivity index (χ1) is 7.99. The molecule has 0 aliphatic rings. The standard InChI is InChI=1S/C11H14N2O4/c1-8(14)7-12-11(15)6-9-2-4-10(5-3-9)13(16)17/h2-5,8,14H,6-7H2,1H3,(H,12,15)/t8-/m1/s1. The second kappa shape index (κ2) is 5.95. The maximum Gasteiger partial charge on any atom is 0.269 e. The first-order valence-corrected chi connectivity index (χ1v) is 5.17. The molecule has 6 heteroatoms. The number of nitro groups is 1. The van der Waals surface area contributed by atoms with E-state index >= 15 is 0 Å². The SMILES string of the molecule is C[C@@H](O)CNC(=O)Cc1ccc([N+](=O)[O-])cc1. The monoisotopic (exact) mass is 238 g/mol. The van der Waals surface area contributed by atoms with E-state index in [-0.39, 0.29) is 24.6 Å². The Labute approximate surface area is 98.4 Å². The van der Waals surface area contributed by atoms with Gasteiger partial charge >= 0.3 is 0 Å².